The van der Waals surface area contributed by atoms with Crippen molar-refractivity contribution in [2.24, 2.45) is 0 Å². The third-order valence-electron chi connectivity index (χ3n) is 3.59. The highest BCUT2D eigenvalue weighted by Crippen LogP contribution is 2.30. The molecule has 1 atom stereocenters. The minimum Gasteiger partial charge on any atom is -0.490 e. The number of ketones is 1. The van der Waals surface area contributed by atoms with Crippen molar-refractivity contribution >= 4 is 17.4 Å². The number of halogens is 1. The third-order valence-corrected chi connectivity index (χ3v) is 4.00. The summed E-state index contributed by atoms with van der Waals surface area (Å²) < 4.78 is 5.65. The number of benzene rings is 2. The molecule has 1 aliphatic heterocycles. The van der Waals surface area contributed by atoms with Crippen LogP contribution in [0.1, 0.15) is 34.0 Å². The summed E-state index contributed by atoms with van der Waals surface area (Å²) in [5, 5.41) is 0.619. The number of fused-ring (bicyclic) bond motifs is 1. The van der Waals surface area contributed by atoms with Crippen molar-refractivity contribution in [3.8, 4) is 5.75 Å². The Morgan fingerprint density at radius 2 is 1.90 bits per heavy atom. The molecule has 2 aromatic carbocycles. The Morgan fingerprint density at radius 1 is 1.20 bits per heavy atom. The van der Waals surface area contributed by atoms with Gasteiger partial charge in [-0.3, -0.25) is 4.79 Å². The fourth-order valence-electron chi connectivity index (χ4n) is 2.46. The summed E-state index contributed by atoms with van der Waals surface area (Å²) >= 11 is 6.09. The average Bonchev–Trinajstić information content (AvgIpc) is 2.80. The highest BCUT2D eigenvalue weighted by Gasteiger charge is 2.20. The Morgan fingerprint density at radius 3 is 2.65 bits per heavy atom. The minimum atomic E-state index is -0.00532. The molecule has 20 heavy (non-hydrogen) atoms. The van der Waals surface area contributed by atoms with Crippen LogP contribution in [0, 0.1) is 6.92 Å². The van der Waals surface area contributed by atoms with Crippen molar-refractivity contribution in [1.29, 1.82) is 0 Å². The van der Waals surface area contributed by atoms with Gasteiger partial charge in [-0.05, 0) is 49.2 Å². The second-order valence-electron chi connectivity index (χ2n) is 5.25. The first-order valence-electron chi connectivity index (χ1n) is 6.65. The Kier molecular flexibility index (Phi) is 3.27. The molecule has 0 aromatic heterocycles. The largest absolute Gasteiger partial charge is 0.490 e. The van der Waals surface area contributed by atoms with E-state index in [1.807, 2.05) is 44.2 Å². The predicted octanol–water partition coefficient (Wildman–Crippen LogP) is 4.20. The van der Waals surface area contributed by atoms with E-state index in [-0.39, 0.29) is 11.9 Å². The van der Waals surface area contributed by atoms with Crippen molar-refractivity contribution in [3.63, 3.8) is 0 Å². The van der Waals surface area contributed by atoms with Gasteiger partial charge in [-0.25, -0.2) is 0 Å². The van der Waals surface area contributed by atoms with Crippen LogP contribution in [-0.2, 0) is 6.42 Å². The maximum Gasteiger partial charge on any atom is 0.193 e. The summed E-state index contributed by atoms with van der Waals surface area (Å²) in [5.41, 5.74) is 3.37. The zero-order chi connectivity index (χ0) is 14.3. The predicted molar refractivity (Wildman–Crippen MR) is 79.9 cm³/mol. The lowest BCUT2D eigenvalue weighted by molar-refractivity contribution is 0.103. The number of aryl methyl sites for hydroxylation is 1. The van der Waals surface area contributed by atoms with Gasteiger partial charge in [-0.2, -0.15) is 0 Å². The summed E-state index contributed by atoms with van der Waals surface area (Å²) in [6.45, 7) is 3.95. The maximum atomic E-state index is 12.5. The normalized spacial score (nSPS) is 16.6. The molecule has 0 spiro atoms. The molecule has 0 saturated heterocycles. The highest BCUT2D eigenvalue weighted by molar-refractivity contribution is 6.31. The highest BCUT2D eigenvalue weighted by atomic mass is 35.5. The molecule has 0 fully saturated rings. The molecule has 3 rings (SSSR count). The minimum absolute atomic E-state index is 0.00532. The first kappa shape index (κ1) is 13.2. The Labute approximate surface area is 123 Å². The molecule has 0 amide bonds. The van der Waals surface area contributed by atoms with Crippen molar-refractivity contribution < 1.29 is 9.53 Å². The average molecular weight is 287 g/mol. The van der Waals surface area contributed by atoms with E-state index in [1.165, 1.54) is 0 Å². The summed E-state index contributed by atoms with van der Waals surface area (Å²) in [6, 6.07) is 11.0. The Hall–Kier alpha value is -1.80. The van der Waals surface area contributed by atoms with Gasteiger partial charge in [0.2, 0.25) is 0 Å². The molecule has 0 saturated carbocycles. The number of ether oxygens (including phenoxy) is 1. The molecule has 1 heterocycles. The second-order valence-corrected chi connectivity index (χ2v) is 5.66. The number of hydrogen-bond donors (Lipinski definition) is 0. The molecule has 1 aliphatic rings. The molecular formula is C17H15ClO2. The Bertz CT molecular complexity index is 691. The van der Waals surface area contributed by atoms with Crippen molar-refractivity contribution in [3.05, 3.63) is 63.7 Å². The van der Waals surface area contributed by atoms with E-state index in [0.29, 0.717) is 16.1 Å². The SMILES string of the molecule is Cc1ccc(C(=O)c2ccc3c(c2)CC(C)O3)cc1Cl. The lowest BCUT2D eigenvalue weighted by atomic mass is 9.99. The summed E-state index contributed by atoms with van der Waals surface area (Å²) in [7, 11) is 0. The lowest BCUT2D eigenvalue weighted by Gasteiger charge is -2.05. The standard InChI is InChI=1S/C17H15ClO2/c1-10-3-4-13(9-15(10)18)17(19)12-5-6-16-14(8-12)7-11(2)20-16/h3-6,8-9,11H,7H2,1-2H3. The maximum absolute atomic E-state index is 12.5. The van der Waals surface area contributed by atoms with Crippen molar-refractivity contribution in [2.75, 3.05) is 0 Å². The molecule has 102 valence electrons. The van der Waals surface area contributed by atoms with Gasteiger partial charge in [0, 0.05) is 22.6 Å². The second kappa shape index (κ2) is 4.95. The fourth-order valence-corrected chi connectivity index (χ4v) is 2.64. The number of carbonyl (C=O) groups excluding carboxylic acids is 1. The van der Waals surface area contributed by atoms with Gasteiger partial charge in [0.1, 0.15) is 11.9 Å². The molecule has 1 unspecified atom stereocenters. The number of carbonyl (C=O) groups is 1. The van der Waals surface area contributed by atoms with E-state index in [9.17, 15) is 4.79 Å². The third kappa shape index (κ3) is 2.32. The van der Waals surface area contributed by atoms with Crippen molar-refractivity contribution in [1.82, 2.24) is 0 Å². The smallest absolute Gasteiger partial charge is 0.193 e. The van der Waals surface area contributed by atoms with Crippen molar-refractivity contribution in [2.45, 2.75) is 26.4 Å². The van der Waals surface area contributed by atoms with Crippen LogP contribution in [0.25, 0.3) is 0 Å². The van der Waals surface area contributed by atoms with E-state index < -0.39 is 0 Å². The quantitative estimate of drug-likeness (QED) is 0.773. The van der Waals surface area contributed by atoms with Crippen LogP contribution in [0.5, 0.6) is 5.75 Å². The fraction of sp³-hybridized carbons (Fsp3) is 0.235. The first-order chi connectivity index (χ1) is 9.54. The van der Waals surface area contributed by atoms with Crippen LogP contribution in [0.4, 0.5) is 0 Å². The van der Waals surface area contributed by atoms with Crippen LogP contribution in [0.15, 0.2) is 36.4 Å². The molecule has 0 radical (unpaired) electrons. The van der Waals surface area contributed by atoms with Gasteiger partial charge < -0.3 is 4.74 Å². The van der Waals surface area contributed by atoms with Gasteiger partial charge in [0.25, 0.3) is 0 Å². The van der Waals surface area contributed by atoms with E-state index in [2.05, 4.69) is 0 Å². The lowest BCUT2D eigenvalue weighted by Crippen LogP contribution is -2.05. The van der Waals surface area contributed by atoms with Crippen LogP contribution in [-0.4, -0.2) is 11.9 Å². The summed E-state index contributed by atoms with van der Waals surface area (Å²) in [4.78, 5) is 12.5. The monoisotopic (exact) mass is 286 g/mol. The molecule has 3 heteroatoms. The van der Waals surface area contributed by atoms with Crippen LogP contribution in [0.3, 0.4) is 0 Å². The topological polar surface area (TPSA) is 26.3 Å². The van der Waals surface area contributed by atoms with E-state index in [0.717, 1.165) is 23.3 Å². The van der Waals surface area contributed by atoms with Crippen LogP contribution >= 0.6 is 11.6 Å². The summed E-state index contributed by atoms with van der Waals surface area (Å²) in [6.07, 6.45) is 1.04. The van der Waals surface area contributed by atoms with Gasteiger partial charge in [-0.1, -0.05) is 23.7 Å². The van der Waals surface area contributed by atoms with E-state index in [1.54, 1.807) is 6.07 Å². The van der Waals surface area contributed by atoms with E-state index >= 15 is 0 Å². The molecule has 0 N–H and O–H groups in total. The molecule has 0 bridgehead atoms. The zero-order valence-corrected chi connectivity index (χ0v) is 12.2. The molecule has 0 aliphatic carbocycles. The van der Waals surface area contributed by atoms with Gasteiger partial charge >= 0.3 is 0 Å². The van der Waals surface area contributed by atoms with Crippen LogP contribution in [0.2, 0.25) is 5.02 Å². The first-order valence-corrected chi connectivity index (χ1v) is 7.03. The van der Waals surface area contributed by atoms with Gasteiger partial charge in [0.15, 0.2) is 5.78 Å². The number of hydrogen-bond acceptors (Lipinski definition) is 2. The molecule has 2 nitrogen and oxygen atoms in total. The van der Waals surface area contributed by atoms with E-state index in [4.69, 9.17) is 16.3 Å². The number of rotatable bonds is 2. The van der Waals surface area contributed by atoms with Gasteiger partial charge in [0.05, 0.1) is 0 Å². The van der Waals surface area contributed by atoms with Gasteiger partial charge in [-0.15, -0.1) is 0 Å². The molecular weight excluding hydrogens is 272 g/mol. The zero-order valence-electron chi connectivity index (χ0n) is 11.4. The Balaban J connectivity index is 1.95. The molecule has 2 aromatic rings. The summed E-state index contributed by atoms with van der Waals surface area (Å²) in [5.74, 6) is 0.880. The van der Waals surface area contributed by atoms with Crippen LogP contribution < -0.4 is 4.74 Å².